The summed E-state index contributed by atoms with van der Waals surface area (Å²) < 4.78 is 37.6. The van der Waals surface area contributed by atoms with Gasteiger partial charge >= 0.3 is 0 Å². The van der Waals surface area contributed by atoms with Gasteiger partial charge in [0.05, 0.1) is 25.3 Å². The Balaban J connectivity index is 1.59. The molecule has 0 saturated carbocycles. The molecule has 1 aliphatic heterocycles. The van der Waals surface area contributed by atoms with Crippen molar-refractivity contribution in [3.05, 3.63) is 53.1 Å². The van der Waals surface area contributed by atoms with E-state index in [4.69, 9.17) is 33.3 Å². The van der Waals surface area contributed by atoms with E-state index in [2.05, 4.69) is 10.6 Å². The molecular formula is C20H24ClN3O4S2. The van der Waals surface area contributed by atoms with Crippen LogP contribution in [0.4, 0.5) is 5.69 Å². The molecule has 2 aromatic rings. The molecule has 0 amide bonds. The van der Waals surface area contributed by atoms with Gasteiger partial charge in [-0.15, -0.1) is 0 Å². The number of ether oxygens (including phenoxy) is 2. The molecule has 0 spiro atoms. The van der Waals surface area contributed by atoms with Gasteiger partial charge in [-0.05, 0) is 54.5 Å². The van der Waals surface area contributed by atoms with Crippen LogP contribution in [0, 0.1) is 0 Å². The maximum atomic E-state index is 12.9. The molecule has 30 heavy (non-hydrogen) atoms. The summed E-state index contributed by atoms with van der Waals surface area (Å²) in [5.41, 5.74) is 1.70. The molecule has 162 valence electrons. The number of methoxy groups -OCH3 is 1. The highest BCUT2D eigenvalue weighted by Crippen LogP contribution is 2.28. The number of hydrogen-bond donors (Lipinski definition) is 2. The van der Waals surface area contributed by atoms with Crippen LogP contribution in [0.5, 0.6) is 5.75 Å². The lowest BCUT2D eigenvalue weighted by Gasteiger charge is -2.26. The van der Waals surface area contributed by atoms with Gasteiger partial charge in [0.25, 0.3) is 0 Å². The first kappa shape index (κ1) is 22.8. The Hall–Kier alpha value is -1.91. The van der Waals surface area contributed by atoms with Crippen molar-refractivity contribution in [1.29, 1.82) is 0 Å². The number of rotatable bonds is 7. The Labute approximate surface area is 187 Å². The average Bonchev–Trinajstić information content (AvgIpc) is 2.76. The lowest BCUT2D eigenvalue weighted by Crippen LogP contribution is -2.40. The van der Waals surface area contributed by atoms with E-state index >= 15 is 0 Å². The van der Waals surface area contributed by atoms with Crippen LogP contribution in [0.1, 0.15) is 5.56 Å². The van der Waals surface area contributed by atoms with E-state index < -0.39 is 10.0 Å². The van der Waals surface area contributed by atoms with Gasteiger partial charge < -0.3 is 20.1 Å². The van der Waals surface area contributed by atoms with E-state index in [9.17, 15) is 8.42 Å². The van der Waals surface area contributed by atoms with Crippen molar-refractivity contribution in [2.45, 2.75) is 11.3 Å². The Bertz CT molecular complexity index is 978. The van der Waals surface area contributed by atoms with Crippen molar-refractivity contribution in [2.24, 2.45) is 0 Å². The monoisotopic (exact) mass is 469 g/mol. The summed E-state index contributed by atoms with van der Waals surface area (Å²) in [6, 6.07) is 12.6. The second kappa shape index (κ2) is 10.4. The molecule has 1 aliphatic rings. The molecule has 2 N–H and O–H groups in total. The number of morpholine rings is 1. The minimum Gasteiger partial charge on any atom is -0.497 e. The fourth-order valence-electron chi connectivity index (χ4n) is 2.99. The van der Waals surface area contributed by atoms with E-state index in [1.54, 1.807) is 19.2 Å². The summed E-state index contributed by atoms with van der Waals surface area (Å²) in [6.45, 7) is 1.99. The molecule has 0 bridgehead atoms. The lowest BCUT2D eigenvalue weighted by atomic mass is 10.1. The zero-order valence-electron chi connectivity index (χ0n) is 16.6. The van der Waals surface area contributed by atoms with Crippen molar-refractivity contribution in [3.8, 4) is 5.75 Å². The number of anilines is 1. The molecule has 10 heteroatoms. The molecule has 0 aliphatic carbocycles. The van der Waals surface area contributed by atoms with E-state index in [1.807, 2.05) is 24.3 Å². The molecule has 1 fully saturated rings. The number of nitrogens with zero attached hydrogens (tertiary/aromatic N) is 1. The Morgan fingerprint density at radius 1 is 1.20 bits per heavy atom. The van der Waals surface area contributed by atoms with Crippen molar-refractivity contribution in [2.75, 3.05) is 45.3 Å². The van der Waals surface area contributed by atoms with Crippen LogP contribution in [0.2, 0.25) is 5.02 Å². The molecule has 2 aromatic carbocycles. The van der Waals surface area contributed by atoms with E-state index in [0.717, 1.165) is 17.7 Å². The number of thiocarbonyl (C=S) groups is 1. The molecule has 1 heterocycles. The molecule has 0 atom stereocenters. The summed E-state index contributed by atoms with van der Waals surface area (Å²) in [6.07, 6.45) is 0.781. The van der Waals surface area contributed by atoms with Crippen LogP contribution in [0.3, 0.4) is 0 Å². The first-order valence-corrected chi connectivity index (χ1v) is 11.7. The SMILES string of the molecule is COc1ccc(CCNC(=S)Nc2ccc(Cl)c(S(=O)(=O)N3CCOCC3)c2)cc1. The first-order chi connectivity index (χ1) is 14.4. The van der Waals surface area contributed by atoms with Gasteiger partial charge in [-0.1, -0.05) is 23.7 Å². The summed E-state index contributed by atoms with van der Waals surface area (Å²) in [5, 5.41) is 6.72. The number of halogens is 1. The second-order valence-electron chi connectivity index (χ2n) is 6.64. The third-order valence-electron chi connectivity index (χ3n) is 4.64. The summed E-state index contributed by atoms with van der Waals surface area (Å²) in [7, 11) is -2.07. The molecule has 1 saturated heterocycles. The van der Waals surface area contributed by atoms with E-state index in [0.29, 0.717) is 43.6 Å². The Kier molecular flexibility index (Phi) is 7.90. The molecule has 0 radical (unpaired) electrons. The van der Waals surface area contributed by atoms with Gasteiger partial charge in [-0.25, -0.2) is 8.42 Å². The molecular weight excluding hydrogens is 446 g/mol. The van der Waals surface area contributed by atoms with Gasteiger partial charge in [0.2, 0.25) is 10.0 Å². The van der Waals surface area contributed by atoms with Crippen molar-refractivity contribution in [3.63, 3.8) is 0 Å². The standard InChI is InChI=1S/C20H24ClN3O4S2/c1-27-17-5-2-15(3-6-17)8-9-22-20(29)23-16-4-7-18(21)19(14-16)30(25,26)24-10-12-28-13-11-24/h2-7,14H,8-13H2,1H3,(H2,22,23,29). The maximum Gasteiger partial charge on any atom is 0.244 e. The Morgan fingerprint density at radius 2 is 1.90 bits per heavy atom. The van der Waals surface area contributed by atoms with Crippen LogP contribution in [0.15, 0.2) is 47.4 Å². The molecule has 7 nitrogen and oxygen atoms in total. The van der Waals surface area contributed by atoms with Gasteiger partial charge in [0.15, 0.2) is 5.11 Å². The third-order valence-corrected chi connectivity index (χ3v) is 7.26. The third kappa shape index (κ3) is 5.83. The fraction of sp³-hybridized carbons (Fsp3) is 0.350. The topological polar surface area (TPSA) is 79.9 Å². The number of nitrogens with one attached hydrogen (secondary N) is 2. The van der Waals surface area contributed by atoms with Crippen LogP contribution in [-0.4, -0.2) is 57.8 Å². The largest absolute Gasteiger partial charge is 0.497 e. The quantitative estimate of drug-likeness (QED) is 0.603. The summed E-state index contributed by atoms with van der Waals surface area (Å²) >= 11 is 11.5. The highest BCUT2D eigenvalue weighted by molar-refractivity contribution is 7.89. The van der Waals surface area contributed by atoms with Gasteiger partial charge in [-0.3, -0.25) is 0 Å². The predicted octanol–water partition coefficient (Wildman–Crippen LogP) is 2.90. The van der Waals surface area contributed by atoms with Crippen LogP contribution < -0.4 is 15.4 Å². The Morgan fingerprint density at radius 3 is 2.57 bits per heavy atom. The van der Waals surface area contributed by atoms with Crippen molar-refractivity contribution >= 4 is 44.6 Å². The number of hydrogen-bond acceptors (Lipinski definition) is 5. The fourth-order valence-corrected chi connectivity index (χ4v) is 5.12. The molecule has 0 aromatic heterocycles. The van der Waals surface area contributed by atoms with E-state index in [-0.39, 0.29) is 9.92 Å². The molecule has 3 rings (SSSR count). The summed E-state index contributed by atoms with van der Waals surface area (Å²) in [5.74, 6) is 0.814. The van der Waals surface area contributed by atoms with Gasteiger partial charge in [0.1, 0.15) is 10.6 Å². The van der Waals surface area contributed by atoms with Crippen molar-refractivity contribution < 1.29 is 17.9 Å². The zero-order valence-corrected chi connectivity index (χ0v) is 18.9. The average molecular weight is 470 g/mol. The second-order valence-corrected chi connectivity index (χ2v) is 9.36. The van der Waals surface area contributed by atoms with E-state index in [1.165, 1.54) is 10.4 Å². The number of benzene rings is 2. The van der Waals surface area contributed by atoms with Gasteiger partial charge in [-0.2, -0.15) is 4.31 Å². The van der Waals surface area contributed by atoms with Crippen LogP contribution in [0.25, 0.3) is 0 Å². The van der Waals surface area contributed by atoms with Crippen LogP contribution >= 0.6 is 23.8 Å². The van der Waals surface area contributed by atoms with Crippen molar-refractivity contribution in [1.82, 2.24) is 9.62 Å². The summed E-state index contributed by atoms with van der Waals surface area (Å²) in [4.78, 5) is 0.0529. The lowest BCUT2D eigenvalue weighted by molar-refractivity contribution is 0.0730. The predicted molar refractivity (Wildman–Crippen MR) is 122 cm³/mol. The minimum absolute atomic E-state index is 0.0529. The first-order valence-electron chi connectivity index (χ1n) is 9.45. The normalized spacial score (nSPS) is 14.9. The smallest absolute Gasteiger partial charge is 0.244 e. The highest BCUT2D eigenvalue weighted by Gasteiger charge is 2.28. The van der Waals surface area contributed by atoms with Gasteiger partial charge in [0, 0.05) is 25.3 Å². The van der Waals surface area contributed by atoms with Crippen LogP contribution in [-0.2, 0) is 21.2 Å². The number of sulfonamides is 1. The molecule has 0 unspecified atom stereocenters. The zero-order chi connectivity index (χ0) is 21.6. The maximum absolute atomic E-state index is 12.9. The minimum atomic E-state index is -3.70. The highest BCUT2D eigenvalue weighted by atomic mass is 35.5.